The Hall–Kier alpha value is -2.78. The molecule has 30 heavy (non-hydrogen) atoms. The molecule has 0 aliphatic heterocycles. The van der Waals surface area contributed by atoms with Crippen LogP contribution in [0.3, 0.4) is 0 Å². The molecule has 0 amide bonds. The molecule has 0 aliphatic carbocycles. The lowest BCUT2D eigenvalue weighted by atomic mass is 9.99. The fraction of sp³-hybridized carbons (Fsp3) is 0.364. The number of rotatable bonds is 14. The SMILES string of the molecule is COCCOCCOCCOC(c1ccc(C(=O)O)cc1)c1ccc(C(=O)O)cc1. The minimum absolute atomic E-state index is 0.176. The third-order valence-corrected chi connectivity index (χ3v) is 4.24. The summed E-state index contributed by atoms with van der Waals surface area (Å²) in [5.41, 5.74) is 1.86. The molecule has 0 atom stereocenters. The summed E-state index contributed by atoms with van der Waals surface area (Å²) >= 11 is 0. The second-order valence-corrected chi connectivity index (χ2v) is 6.32. The lowest BCUT2D eigenvalue weighted by molar-refractivity contribution is -0.00821. The summed E-state index contributed by atoms with van der Waals surface area (Å²) in [6.07, 6.45) is -0.489. The lowest BCUT2D eigenvalue weighted by Crippen LogP contribution is -2.14. The Kier molecular flexibility index (Phi) is 9.96. The van der Waals surface area contributed by atoms with Gasteiger partial charge in [-0.25, -0.2) is 9.59 Å². The van der Waals surface area contributed by atoms with Crippen LogP contribution in [-0.4, -0.2) is 68.9 Å². The highest BCUT2D eigenvalue weighted by Crippen LogP contribution is 2.27. The standard InChI is InChI=1S/C22H26O8/c1-27-10-11-28-12-13-29-14-15-30-20(16-2-6-18(7-3-16)21(23)24)17-4-8-19(9-5-17)22(25)26/h2-9,20H,10-15H2,1H3,(H,23,24)(H,25,26). The summed E-state index contributed by atoms with van der Waals surface area (Å²) in [6, 6.07) is 12.8. The second kappa shape index (κ2) is 12.7. The smallest absolute Gasteiger partial charge is 0.335 e. The topological polar surface area (TPSA) is 112 Å². The van der Waals surface area contributed by atoms with Crippen LogP contribution in [0.1, 0.15) is 37.9 Å². The minimum atomic E-state index is -1.01. The van der Waals surface area contributed by atoms with Crippen molar-refractivity contribution in [2.75, 3.05) is 46.8 Å². The van der Waals surface area contributed by atoms with Gasteiger partial charge in [0.25, 0.3) is 0 Å². The number of carbonyl (C=O) groups is 2. The maximum atomic E-state index is 11.1. The van der Waals surface area contributed by atoms with Crippen molar-refractivity contribution in [1.29, 1.82) is 0 Å². The molecule has 2 rings (SSSR count). The van der Waals surface area contributed by atoms with Crippen LogP contribution in [0.15, 0.2) is 48.5 Å². The first kappa shape index (κ1) is 23.5. The molecule has 2 N–H and O–H groups in total. The molecule has 0 bridgehead atoms. The Bertz CT molecular complexity index is 728. The van der Waals surface area contributed by atoms with Crippen molar-refractivity contribution < 1.29 is 38.7 Å². The van der Waals surface area contributed by atoms with Crippen LogP contribution < -0.4 is 0 Å². The zero-order chi connectivity index (χ0) is 21.8. The molecule has 0 saturated heterocycles. The van der Waals surface area contributed by atoms with Crippen LogP contribution in [-0.2, 0) is 18.9 Å². The molecule has 8 heteroatoms. The van der Waals surface area contributed by atoms with Gasteiger partial charge in [-0.3, -0.25) is 0 Å². The third kappa shape index (κ3) is 7.57. The molecule has 0 spiro atoms. The second-order valence-electron chi connectivity index (χ2n) is 6.32. The number of methoxy groups -OCH3 is 1. The Balaban J connectivity index is 1.97. The highest BCUT2D eigenvalue weighted by Gasteiger charge is 2.16. The number of hydrogen-bond donors (Lipinski definition) is 2. The first-order valence-electron chi connectivity index (χ1n) is 9.45. The van der Waals surface area contributed by atoms with Gasteiger partial charge in [-0.1, -0.05) is 24.3 Å². The largest absolute Gasteiger partial charge is 0.478 e. The maximum absolute atomic E-state index is 11.1. The molecule has 0 fully saturated rings. The van der Waals surface area contributed by atoms with E-state index < -0.39 is 18.0 Å². The first-order valence-corrected chi connectivity index (χ1v) is 9.45. The predicted molar refractivity (Wildman–Crippen MR) is 108 cm³/mol. The number of aromatic carboxylic acids is 2. The molecule has 0 radical (unpaired) electrons. The number of ether oxygens (including phenoxy) is 4. The van der Waals surface area contributed by atoms with Gasteiger partial charge >= 0.3 is 11.9 Å². The van der Waals surface area contributed by atoms with E-state index in [-0.39, 0.29) is 11.1 Å². The Labute approximate surface area is 175 Å². The van der Waals surface area contributed by atoms with Crippen molar-refractivity contribution in [3.8, 4) is 0 Å². The number of benzene rings is 2. The highest BCUT2D eigenvalue weighted by atomic mass is 16.6. The van der Waals surface area contributed by atoms with E-state index in [9.17, 15) is 9.59 Å². The van der Waals surface area contributed by atoms with Gasteiger partial charge in [0.15, 0.2) is 0 Å². The molecular weight excluding hydrogens is 392 g/mol. The van der Waals surface area contributed by atoms with E-state index in [1.54, 1.807) is 31.4 Å². The molecule has 0 aliphatic rings. The van der Waals surface area contributed by atoms with E-state index in [1.807, 2.05) is 0 Å². The zero-order valence-electron chi connectivity index (χ0n) is 16.8. The molecule has 2 aromatic carbocycles. The normalized spacial score (nSPS) is 11.0. The van der Waals surface area contributed by atoms with E-state index in [1.165, 1.54) is 24.3 Å². The quantitative estimate of drug-likeness (QED) is 0.451. The van der Waals surface area contributed by atoms with Crippen LogP contribution in [0.25, 0.3) is 0 Å². The highest BCUT2D eigenvalue weighted by molar-refractivity contribution is 5.88. The van der Waals surface area contributed by atoms with Crippen molar-refractivity contribution in [2.45, 2.75) is 6.10 Å². The van der Waals surface area contributed by atoms with E-state index >= 15 is 0 Å². The van der Waals surface area contributed by atoms with Crippen molar-refractivity contribution in [3.05, 3.63) is 70.8 Å². The van der Waals surface area contributed by atoms with Crippen LogP contribution in [0.4, 0.5) is 0 Å². The monoisotopic (exact) mass is 418 g/mol. The molecule has 0 saturated carbocycles. The van der Waals surface area contributed by atoms with Crippen molar-refractivity contribution in [1.82, 2.24) is 0 Å². The summed E-state index contributed by atoms with van der Waals surface area (Å²) in [4.78, 5) is 22.2. The summed E-state index contributed by atoms with van der Waals surface area (Å²) < 4.78 is 21.7. The van der Waals surface area contributed by atoms with Crippen LogP contribution >= 0.6 is 0 Å². The predicted octanol–water partition coefficient (Wildman–Crippen LogP) is 2.87. The Morgan fingerprint density at radius 3 is 1.50 bits per heavy atom. The van der Waals surface area contributed by atoms with Gasteiger partial charge in [0, 0.05) is 7.11 Å². The van der Waals surface area contributed by atoms with E-state index in [2.05, 4.69) is 0 Å². The average Bonchev–Trinajstić information content (AvgIpc) is 2.75. The van der Waals surface area contributed by atoms with Crippen molar-refractivity contribution >= 4 is 11.9 Å². The van der Waals surface area contributed by atoms with Gasteiger partial charge in [0.05, 0.1) is 50.8 Å². The first-order chi connectivity index (χ1) is 14.5. The minimum Gasteiger partial charge on any atom is -0.478 e. The number of hydrogen-bond acceptors (Lipinski definition) is 6. The fourth-order valence-electron chi connectivity index (χ4n) is 2.68. The summed E-state index contributed by atoms with van der Waals surface area (Å²) in [5.74, 6) is -2.02. The van der Waals surface area contributed by atoms with Gasteiger partial charge in [0.1, 0.15) is 6.10 Å². The maximum Gasteiger partial charge on any atom is 0.335 e. The van der Waals surface area contributed by atoms with Crippen molar-refractivity contribution in [2.24, 2.45) is 0 Å². The van der Waals surface area contributed by atoms with Crippen molar-refractivity contribution in [3.63, 3.8) is 0 Å². The fourth-order valence-corrected chi connectivity index (χ4v) is 2.68. The summed E-state index contributed by atoms with van der Waals surface area (Å²) in [7, 11) is 1.61. The van der Waals surface area contributed by atoms with Gasteiger partial charge in [-0.15, -0.1) is 0 Å². The molecule has 0 heterocycles. The van der Waals surface area contributed by atoms with Gasteiger partial charge in [-0.05, 0) is 35.4 Å². The molecule has 2 aromatic rings. The Morgan fingerprint density at radius 1 is 0.700 bits per heavy atom. The molecule has 8 nitrogen and oxygen atoms in total. The van der Waals surface area contributed by atoms with Gasteiger partial charge in [0.2, 0.25) is 0 Å². The summed E-state index contributed by atoms with van der Waals surface area (Å²) in [6.45, 7) is 2.58. The third-order valence-electron chi connectivity index (χ3n) is 4.24. The van der Waals surface area contributed by atoms with Crippen LogP contribution in [0, 0.1) is 0 Å². The number of carboxylic acid groups (broad SMARTS) is 2. The zero-order valence-corrected chi connectivity index (χ0v) is 16.8. The van der Waals surface area contributed by atoms with E-state index in [0.29, 0.717) is 39.6 Å². The Morgan fingerprint density at radius 2 is 1.10 bits per heavy atom. The molecular formula is C22H26O8. The van der Waals surface area contributed by atoms with Gasteiger partial charge < -0.3 is 29.2 Å². The molecule has 0 aromatic heterocycles. The molecule has 162 valence electrons. The average molecular weight is 418 g/mol. The summed E-state index contributed by atoms with van der Waals surface area (Å²) in [5, 5.41) is 18.2. The van der Waals surface area contributed by atoms with E-state index in [4.69, 9.17) is 29.2 Å². The van der Waals surface area contributed by atoms with E-state index in [0.717, 1.165) is 11.1 Å². The number of carboxylic acids is 2. The lowest BCUT2D eigenvalue weighted by Gasteiger charge is -2.19. The van der Waals surface area contributed by atoms with Crippen LogP contribution in [0.5, 0.6) is 0 Å². The molecule has 0 unspecified atom stereocenters. The van der Waals surface area contributed by atoms with Crippen LogP contribution in [0.2, 0.25) is 0 Å². The van der Waals surface area contributed by atoms with Gasteiger partial charge in [-0.2, -0.15) is 0 Å².